The minimum Gasteiger partial charge on any atom is -0.497 e. The Labute approximate surface area is 175 Å². The molecule has 1 saturated carbocycles. The van der Waals surface area contributed by atoms with E-state index in [1.165, 1.54) is 4.90 Å². The zero-order valence-electron chi connectivity index (χ0n) is 17.2. The molecule has 3 amide bonds. The lowest BCUT2D eigenvalue weighted by atomic mass is 9.85. The van der Waals surface area contributed by atoms with Gasteiger partial charge in [-0.25, -0.2) is 0 Å². The van der Waals surface area contributed by atoms with Gasteiger partial charge in [0.2, 0.25) is 17.7 Å². The van der Waals surface area contributed by atoms with E-state index in [1.54, 1.807) is 19.1 Å². The molecule has 158 valence electrons. The number of likely N-dealkylation sites (tertiary alicyclic amines) is 2. The summed E-state index contributed by atoms with van der Waals surface area (Å²) in [7, 11) is 3.21. The molecule has 3 fully saturated rings. The highest BCUT2D eigenvalue weighted by Gasteiger charge is 2.59. The van der Waals surface area contributed by atoms with Crippen LogP contribution >= 0.6 is 0 Å². The van der Waals surface area contributed by atoms with Crippen LogP contribution in [-0.2, 0) is 14.4 Å². The van der Waals surface area contributed by atoms with Crippen molar-refractivity contribution in [1.82, 2.24) is 9.80 Å². The van der Waals surface area contributed by atoms with Gasteiger partial charge in [0, 0.05) is 12.1 Å². The number of nitrogens with zero attached hydrogens (tertiary/aromatic N) is 2. The van der Waals surface area contributed by atoms with Gasteiger partial charge in [-0.3, -0.25) is 19.3 Å². The van der Waals surface area contributed by atoms with Crippen LogP contribution < -0.4 is 9.47 Å². The van der Waals surface area contributed by atoms with E-state index in [1.807, 2.05) is 18.2 Å². The Balaban J connectivity index is 1.36. The number of hydrogen-bond donors (Lipinski definition) is 0. The van der Waals surface area contributed by atoms with Crippen LogP contribution in [0.2, 0.25) is 0 Å². The van der Waals surface area contributed by atoms with Crippen LogP contribution in [-0.4, -0.2) is 54.8 Å². The highest BCUT2D eigenvalue weighted by atomic mass is 16.5. The van der Waals surface area contributed by atoms with Crippen molar-refractivity contribution >= 4 is 17.7 Å². The second kappa shape index (κ2) is 7.15. The summed E-state index contributed by atoms with van der Waals surface area (Å²) in [5.41, 5.74) is 0.890. The van der Waals surface area contributed by atoms with Crippen LogP contribution in [0.5, 0.6) is 11.5 Å². The third-order valence-corrected chi connectivity index (χ3v) is 7.22. The minimum absolute atomic E-state index is 0.150. The first-order valence-corrected chi connectivity index (χ1v) is 10.6. The van der Waals surface area contributed by atoms with Crippen LogP contribution in [0.4, 0.5) is 0 Å². The van der Waals surface area contributed by atoms with Crippen molar-refractivity contribution in [1.29, 1.82) is 0 Å². The van der Waals surface area contributed by atoms with E-state index >= 15 is 0 Å². The van der Waals surface area contributed by atoms with E-state index in [2.05, 4.69) is 12.2 Å². The first-order chi connectivity index (χ1) is 14.5. The maximum Gasteiger partial charge on any atom is 0.243 e. The first-order valence-electron chi connectivity index (χ1n) is 10.6. The minimum atomic E-state index is -0.270. The second-order valence-electron chi connectivity index (χ2n) is 8.62. The van der Waals surface area contributed by atoms with E-state index in [9.17, 15) is 14.4 Å². The van der Waals surface area contributed by atoms with E-state index in [0.717, 1.165) is 24.8 Å². The van der Waals surface area contributed by atoms with Crippen LogP contribution in [0.3, 0.4) is 0 Å². The fraction of sp³-hybridized carbons (Fsp3) is 0.522. The Hall–Kier alpha value is -2.83. The molecule has 5 unspecified atom stereocenters. The number of methoxy groups -OCH3 is 2. The number of hydrogen-bond acceptors (Lipinski definition) is 5. The fourth-order valence-electron chi connectivity index (χ4n) is 5.83. The van der Waals surface area contributed by atoms with Gasteiger partial charge in [0.15, 0.2) is 0 Å². The third-order valence-electron chi connectivity index (χ3n) is 7.22. The Morgan fingerprint density at radius 2 is 1.77 bits per heavy atom. The summed E-state index contributed by atoms with van der Waals surface area (Å²) < 4.78 is 10.9. The van der Waals surface area contributed by atoms with Gasteiger partial charge in [0.05, 0.1) is 32.1 Å². The van der Waals surface area contributed by atoms with Crippen molar-refractivity contribution in [2.45, 2.75) is 25.3 Å². The third kappa shape index (κ3) is 2.75. The van der Waals surface area contributed by atoms with Crippen LogP contribution in [0.25, 0.3) is 0 Å². The Kier molecular flexibility index (Phi) is 4.56. The second-order valence-corrected chi connectivity index (χ2v) is 8.62. The summed E-state index contributed by atoms with van der Waals surface area (Å²) >= 11 is 0. The molecule has 2 heterocycles. The first kappa shape index (κ1) is 19.2. The number of allylic oxidation sites excluding steroid dienone is 2. The van der Waals surface area contributed by atoms with Crippen LogP contribution in [0, 0.1) is 23.7 Å². The Bertz CT molecular complexity index is 912. The highest BCUT2D eigenvalue weighted by Crippen LogP contribution is 2.52. The maximum atomic E-state index is 13.2. The summed E-state index contributed by atoms with van der Waals surface area (Å²) in [6.07, 6.45) is 6.68. The molecule has 0 N–H and O–H groups in total. The quantitative estimate of drug-likeness (QED) is 0.549. The number of carbonyl (C=O) groups excluding carboxylic acids is 3. The number of carbonyl (C=O) groups is 3. The number of ether oxygens (including phenoxy) is 2. The zero-order chi connectivity index (χ0) is 21.0. The molecule has 0 radical (unpaired) electrons. The Morgan fingerprint density at radius 1 is 1.07 bits per heavy atom. The van der Waals surface area contributed by atoms with E-state index in [4.69, 9.17) is 9.47 Å². The smallest absolute Gasteiger partial charge is 0.243 e. The molecule has 1 aromatic carbocycles. The number of benzene rings is 1. The van der Waals surface area contributed by atoms with Gasteiger partial charge in [-0.05, 0) is 49.3 Å². The van der Waals surface area contributed by atoms with E-state index < -0.39 is 0 Å². The number of fused-ring (bicyclic) bond motifs is 5. The molecular weight excluding hydrogens is 384 g/mol. The van der Waals surface area contributed by atoms with Gasteiger partial charge in [-0.1, -0.05) is 12.2 Å². The number of amides is 3. The van der Waals surface area contributed by atoms with Gasteiger partial charge in [-0.15, -0.1) is 0 Å². The number of rotatable bonds is 5. The molecule has 2 saturated heterocycles. The summed E-state index contributed by atoms with van der Waals surface area (Å²) in [5.74, 6) is 0.617. The molecule has 5 atom stereocenters. The molecule has 1 aromatic rings. The van der Waals surface area contributed by atoms with Gasteiger partial charge in [0.25, 0.3) is 0 Å². The van der Waals surface area contributed by atoms with Gasteiger partial charge in [-0.2, -0.15) is 0 Å². The van der Waals surface area contributed by atoms with Crippen molar-refractivity contribution in [3.8, 4) is 11.5 Å². The topological polar surface area (TPSA) is 76.2 Å². The average molecular weight is 410 g/mol. The average Bonchev–Trinajstić information content (AvgIpc) is 3.54. The molecule has 2 aliphatic carbocycles. The van der Waals surface area contributed by atoms with Crippen LogP contribution in [0.1, 0.15) is 30.9 Å². The summed E-state index contributed by atoms with van der Waals surface area (Å²) in [6, 6.07) is 5.40. The molecule has 0 spiro atoms. The summed E-state index contributed by atoms with van der Waals surface area (Å²) in [4.78, 5) is 42.1. The van der Waals surface area contributed by atoms with Gasteiger partial charge < -0.3 is 14.4 Å². The van der Waals surface area contributed by atoms with Crippen molar-refractivity contribution < 1.29 is 23.9 Å². The van der Waals surface area contributed by atoms with Crippen LogP contribution in [0.15, 0.2) is 30.4 Å². The van der Waals surface area contributed by atoms with Crippen molar-refractivity contribution in [3.05, 3.63) is 35.9 Å². The SMILES string of the molecule is COc1ccc(OC)c(C2CCCN2C(=O)CN2C(=O)C3C4C=CC(C4)C3C2=O)c1. The lowest BCUT2D eigenvalue weighted by Crippen LogP contribution is -2.43. The molecular formula is C23H26N2O5. The monoisotopic (exact) mass is 410 g/mol. The van der Waals surface area contributed by atoms with Crippen molar-refractivity contribution in [2.24, 2.45) is 23.7 Å². The Morgan fingerprint density at radius 3 is 2.40 bits per heavy atom. The highest BCUT2D eigenvalue weighted by molar-refractivity contribution is 6.08. The fourth-order valence-corrected chi connectivity index (χ4v) is 5.83. The normalized spacial score (nSPS) is 31.6. The predicted octanol–water partition coefficient (Wildman–Crippen LogP) is 2.17. The summed E-state index contributed by atoms with van der Waals surface area (Å²) in [6.45, 7) is 0.423. The maximum absolute atomic E-state index is 13.2. The van der Waals surface area contributed by atoms with Gasteiger partial charge in [0.1, 0.15) is 18.0 Å². The van der Waals surface area contributed by atoms with Gasteiger partial charge >= 0.3 is 0 Å². The lowest BCUT2D eigenvalue weighted by Gasteiger charge is -2.28. The van der Waals surface area contributed by atoms with E-state index in [0.29, 0.717) is 18.0 Å². The molecule has 30 heavy (non-hydrogen) atoms. The summed E-state index contributed by atoms with van der Waals surface area (Å²) in [5, 5.41) is 0. The number of imide groups is 1. The van der Waals surface area contributed by atoms with Crippen molar-refractivity contribution in [2.75, 3.05) is 27.3 Å². The zero-order valence-corrected chi connectivity index (χ0v) is 17.2. The lowest BCUT2D eigenvalue weighted by molar-refractivity contribution is -0.147. The molecule has 4 aliphatic rings. The molecule has 7 heteroatoms. The van der Waals surface area contributed by atoms with E-state index in [-0.39, 0.29) is 54.0 Å². The molecule has 7 nitrogen and oxygen atoms in total. The standard InChI is InChI=1S/C23H26N2O5/c1-29-15-7-8-18(30-2)16(11-15)17-4-3-9-24(17)19(26)12-25-22(27)20-13-5-6-14(10-13)21(20)23(25)28/h5-8,11,13-14,17,20-21H,3-4,9-10,12H2,1-2H3. The predicted molar refractivity (Wildman–Crippen MR) is 108 cm³/mol. The molecule has 0 aromatic heterocycles. The van der Waals surface area contributed by atoms with Crippen molar-refractivity contribution in [3.63, 3.8) is 0 Å². The molecule has 2 bridgehead atoms. The molecule has 5 rings (SSSR count). The molecule has 2 aliphatic heterocycles. The largest absolute Gasteiger partial charge is 0.497 e.